The minimum Gasteiger partial charge on any atom is -0.480 e. The molecule has 4 N–H and O–H groups in total. The molecule has 0 aliphatic heterocycles. The van der Waals surface area contributed by atoms with Crippen LogP contribution in [-0.4, -0.2) is 103 Å². The summed E-state index contributed by atoms with van der Waals surface area (Å²) in [6.45, 7) is 7.36. The number of aliphatic hydroxyl groups excluding tert-OH is 1. The van der Waals surface area contributed by atoms with Crippen molar-refractivity contribution >= 4 is 40.4 Å². The van der Waals surface area contributed by atoms with Crippen LogP contribution in [0.4, 0.5) is 0 Å². The summed E-state index contributed by atoms with van der Waals surface area (Å²) in [6.07, 6.45) is 0.237. The summed E-state index contributed by atoms with van der Waals surface area (Å²) in [5.74, 6) is -2.67. The van der Waals surface area contributed by atoms with Crippen molar-refractivity contribution in [3.63, 3.8) is 0 Å². The summed E-state index contributed by atoms with van der Waals surface area (Å²) >= 11 is 0. The first-order chi connectivity index (χ1) is 16.3. The molecule has 2 amide bonds. The third-order valence-electron chi connectivity index (χ3n) is 4.82. The fourth-order valence-electron chi connectivity index (χ4n) is 2.69. The number of aliphatic carboxylic acids is 1. The second-order valence-electron chi connectivity index (χ2n) is 9.01. The molecule has 35 heavy (non-hydrogen) atoms. The summed E-state index contributed by atoms with van der Waals surface area (Å²) in [5.41, 5.74) is 0. The Hall–Kier alpha value is -1.89. The van der Waals surface area contributed by atoms with Gasteiger partial charge in [0.1, 0.15) is 12.6 Å². The van der Waals surface area contributed by atoms with Crippen LogP contribution in [0.1, 0.15) is 12.8 Å². The Bertz CT molecular complexity index is 692. The Morgan fingerprint density at radius 2 is 1.40 bits per heavy atom. The highest BCUT2D eigenvalue weighted by atomic mass is 28.4. The molecular weight excluding hydrogens is 500 g/mol. The van der Waals surface area contributed by atoms with E-state index in [-0.39, 0.29) is 38.6 Å². The van der Waals surface area contributed by atoms with Gasteiger partial charge in [0.15, 0.2) is 14.4 Å². The summed E-state index contributed by atoms with van der Waals surface area (Å²) in [4.78, 5) is 51.8. The molecule has 0 aliphatic carbocycles. The maximum atomic E-state index is 12.2. The lowest BCUT2D eigenvalue weighted by Gasteiger charge is -2.24. The van der Waals surface area contributed by atoms with Gasteiger partial charge in [0.25, 0.3) is 0 Å². The van der Waals surface area contributed by atoms with E-state index >= 15 is 0 Å². The van der Waals surface area contributed by atoms with Gasteiger partial charge in [-0.3, -0.25) is 14.2 Å². The van der Waals surface area contributed by atoms with Crippen molar-refractivity contribution < 1.29 is 52.8 Å². The Morgan fingerprint density at radius 3 is 1.89 bits per heavy atom. The molecule has 0 aliphatic rings. The van der Waals surface area contributed by atoms with Crippen LogP contribution < -0.4 is 10.6 Å². The Kier molecular flexibility index (Phi) is 15.8. The molecule has 0 bridgehead atoms. The molecule has 0 fully saturated rings. The van der Waals surface area contributed by atoms with E-state index in [4.69, 9.17) is 28.8 Å². The number of carbonyl (C=O) groups is 4. The minimum absolute atomic E-state index is 0.00862. The molecule has 0 aromatic rings. The maximum Gasteiger partial charge on any atom is 0.330 e. The average Bonchev–Trinajstić information content (AvgIpc) is 2.78. The first kappa shape index (κ1) is 33.1. The quantitative estimate of drug-likeness (QED) is 0.0570. The molecule has 204 valence electrons. The van der Waals surface area contributed by atoms with Gasteiger partial charge in [-0.05, 0) is 38.3 Å². The zero-order chi connectivity index (χ0) is 27.1. The van der Waals surface area contributed by atoms with Gasteiger partial charge in [-0.2, -0.15) is 0 Å². The normalized spacial score (nSPS) is 13.6. The van der Waals surface area contributed by atoms with Crippen molar-refractivity contribution in [2.75, 3.05) is 40.6 Å². The fraction of sp³-hybridized carbons (Fsp3) is 0.800. The van der Waals surface area contributed by atoms with E-state index in [0.717, 1.165) is 0 Å². The zero-order valence-corrected chi connectivity index (χ0v) is 23.4. The molecule has 0 aromatic carbocycles. The minimum atomic E-state index is -2.32. The number of amides is 2. The monoisotopic (exact) mass is 540 g/mol. The Balaban J connectivity index is 4.25. The number of esters is 1. The van der Waals surface area contributed by atoms with Crippen molar-refractivity contribution in [2.45, 2.75) is 63.2 Å². The molecule has 15 heteroatoms. The van der Waals surface area contributed by atoms with Crippen LogP contribution >= 0.6 is 0 Å². The third kappa shape index (κ3) is 15.7. The summed E-state index contributed by atoms with van der Waals surface area (Å²) in [7, 11) is -1.88. The molecule has 2 unspecified atom stereocenters. The van der Waals surface area contributed by atoms with Crippen LogP contribution in [0.25, 0.3) is 0 Å². The summed E-state index contributed by atoms with van der Waals surface area (Å²) in [5, 5.41) is 22.7. The molecule has 0 rings (SSSR count). The highest BCUT2D eigenvalue weighted by Gasteiger charge is 2.28. The molecule has 0 spiro atoms. The zero-order valence-electron chi connectivity index (χ0n) is 21.4. The van der Waals surface area contributed by atoms with Crippen molar-refractivity contribution in [3.05, 3.63) is 0 Å². The van der Waals surface area contributed by atoms with Gasteiger partial charge in [0.05, 0.1) is 26.9 Å². The van der Waals surface area contributed by atoms with Crippen LogP contribution in [0, 0.1) is 0 Å². The van der Waals surface area contributed by atoms with E-state index in [0.29, 0.717) is 12.1 Å². The van der Waals surface area contributed by atoms with E-state index in [1.165, 1.54) is 14.2 Å². The van der Waals surface area contributed by atoms with Crippen LogP contribution in [0.3, 0.4) is 0 Å². The number of rotatable bonds is 19. The number of carbonyl (C=O) groups excluding carboxylic acids is 3. The predicted molar refractivity (Wildman–Crippen MR) is 129 cm³/mol. The maximum absolute atomic E-state index is 12.2. The van der Waals surface area contributed by atoms with Crippen molar-refractivity contribution in [2.24, 2.45) is 0 Å². The molecule has 0 saturated carbocycles. The van der Waals surface area contributed by atoms with Crippen molar-refractivity contribution in [1.29, 1.82) is 0 Å². The van der Waals surface area contributed by atoms with E-state index in [1.807, 2.05) is 26.2 Å². The lowest BCUT2D eigenvalue weighted by Crippen LogP contribution is -2.45. The van der Waals surface area contributed by atoms with Crippen LogP contribution in [0.2, 0.25) is 38.3 Å². The van der Waals surface area contributed by atoms with Gasteiger partial charge in [-0.1, -0.05) is 0 Å². The van der Waals surface area contributed by atoms with Crippen LogP contribution in [0.15, 0.2) is 0 Å². The first-order valence-electron chi connectivity index (χ1n) is 11.2. The second-order valence-corrected chi connectivity index (χ2v) is 17.5. The molecule has 0 heterocycles. The van der Waals surface area contributed by atoms with Gasteiger partial charge in [-0.15, -0.1) is 0 Å². The summed E-state index contributed by atoms with van der Waals surface area (Å²) < 4.78 is 20.9. The number of nitrogens with one attached hydrogen (secondary N) is 2. The van der Waals surface area contributed by atoms with Crippen molar-refractivity contribution in [3.8, 4) is 0 Å². The van der Waals surface area contributed by atoms with Crippen LogP contribution in [-0.2, 0) is 42.5 Å². The number of methoxy groups -OCH3 is 2. The van der Waals surface area contributed by atoms with Crippen LogP contribution in [0.5, 0.6) is 0 Å². The molecule has 0 saturated heterocycles. The lowest BCUT2D eigenvalue weighted by atomic mass is 10.3. The van der Waals surface area contributed by atoms with Gasteiger partial charge >= 0.3 is 11.9 Å². The lowest BCUT2D eigenvalue weighted by molar-refractivity contribution is -0.222. The van der Waals surface area contributed by atoms with Gasteiger partial charge in [0, 0.05) is 20.0 Å². The molecule has 0 aromatic heterocycles. The predicted octanol–water partition coefficient (Wildman–Crippen LogP) is 0.00750. The fourth-order valence-corrected chi connectivity index (χ4v) is 5.62. The number of carboxylic acids is 1. The standard InChI is InChI=1S/C20H40N2O11Si2/c1-29-14-16(20(28)30-2)22-18(25)8-12-35(5,6)33-31-9-10-32-34(3,4)11-7-17(24)21-15(13-23)19(26)27/h15-16,23H,7-14H2,1-6H3,(H,21,24)(H,22,25)(H,26,27). The highest BCUT2D eigenvalue weighted by molar-refractivity contribution is 6.71. The number of ether oxygens (including phenoxy) is 2. The smallest absolute Gasteiger partial charge is 0.330 e. The highest BCUT2D eigenvalue weighted by Crippen LogP contribution is 2.16. The largest absolute Gasteiger partial charge is 0.480 e. The van der Waals surface area contributed by atoms with Gasteiger partial charge in [0.2, 0.25) is 20.1 Å². The number of carboxylic acid groups (broad SMARTS) is 1. The first-order valence-corrected chi connectivity index (χ1v) is 17.4. The number of hydrogen-bond donors (Lipinski definition) is 4. The Morgan fingerprint density at radius 1 is 0.857 bits per heavy atom. The molecule has 0 radical (unpaired) electrons. The molecule has 2 atom stereocenters. The summed E-state index contributed by atoms with van der Waals surface area (Å²) in [6, 6.07) is -1.27. The topological polar surface area (TPSA) is 179 Å². The third-order valence-corrected chi connectivity index (χ3v) is 9.29. The second kappa shape index (κ2) is 16.7. The SMILES string of the molecule is COCC(NC(=O)CC[Si](C)(C)OOCCO[Si](C)(C)CCC(=O)NC(CO)C(=O)O)C(=O)OC. The molecular formula is C20H40N2O11Si2. The number of aliphatic hydroxyl groups is 1. The average molecular weight is 541 g/mol. The number of hydrogen-bond acceptors (Lipinski definition) is 10. The van der Waals surface area contributed by atoms with E-state index in [1.54, 1.807) is 0 Å². The van der Waals surface area contributed by atoms with Crippen molar-refractivity contribution in [1.82, 2.24) is 10.6 Å². The van der Waals surface area contributed by atoms with E-state index < -0.39 is 53.2 Å². The Labute approximate surface area is 208 Å². The van der Waals surface area contributed by atoms with E-state index in [9.17, 15) is 19.2 Å². The molecule has 13 nitrogen and oxygen atoms in total. The van der Waals surface area contributed by atoms with E-state index in [2.05, 4.69) is 15.4 Å². The van der Waals surface area contributed by atoms with Gasteiger partial charge in [-0.25, -0.2) is 14.5 Å². The van der Waals surface area contributed by atoms with Gasteiger partial charge < -0.3 is 34.7 Å².